The molecule has 2 atom stereocenters. The number of aryl methyl sites for hydroxylation is 1. The van der Waals surface area contributed by atoms with Crippen LogP contribution in [0.2, 0.25) is 0 Å². The molecule has 164 valence electrons. The maximum atomic E-state index is 5.75. The van der Waals surface area contributed by atoms with Crippen LogP contribution in [0.1, 0.15) is 62.4 Å². The number of nitrogens with one attached hydrogen (secondary N) is 2. The minimum absolute atomic E-state index is 0.134. The van der Waals surface area contributed by atoms with E-state index in [0.29, 0.717) is 12.5 Å². The first-order chi connectivity index (χ1) is 14.4. The summed E-state index contributed by atoms with van der Waals surface area (Å²) in [5, 5.41) is 15.3. The molecule has 7 heteroatoms. The molecular formula is C23H36N6O. The third-order valence-electron chi connectivity index (χ3n) is 5.56. The number of aromatic nitrogens is 3. The molecular weight excluding hydrogens is 376 g/mol. The minimum atomic E-state index is 0.134. The lowest BCUT2D eigenvalue weighted by atomic mass is 10.00. The van der Waals surface area contributed by atoms with E-state index < -0.39 is 0 Å². The highest BCUT2D eigenvalue weighted by atomic mass is 16.5. The number of aliphatic imine (C=N–C) groups is 1. The third-order valence-corrected chi connectivity index (χ3v) is 5.56. The van der Waals surface area contributed by atoms with E-state index in [1.807, 2.05) is 18.5 Å². The van der Waals surface area contributed by atoms with Gasteiger partial charge >= 0.3 is 0 Å². The second-order valence-electron chi connectivity index (χ2n) is 8.61. The Kier molecular flexibility index (Phi) is 7.85. The first-order valence-corrected chi connectivity index (χ1v) is 11.0. The van der Waals surface area contributed by atoms with E-state index in [1.54, 1.807) is 0 Å². The summed E-state index contributed by atoms with van der Waals surface area (Å²) in [6.07, 6.45) is 3.58. The van der Waals surface area contributed by atoms with Gasteiger partial charge < -0.3 is 19.9 Å². The molecule has 1 aromatic heterocycles. The van der Waals surface area contributed by atoms with Crippen molar-refractivity contribution >= 4 is 5.96 Å². The van der Waals surface area contributed by atoms with Gasteiger partial charge in [0.25, 0.3) is 0 Å². The highest BCUT2D eigenvalue weighted by molar-refractivity contribution is 5.80. The van der Waals surface area contributed by atoms with E-state index in [-0.39, 0.29) is 12.1 Å². The van der Waals surface area contributed by atoms with Gasteiger partial charge in [-0.05, 0) is 50.2 Å². The number of benzene rings is 1. The zero-order valence-electron chi connectivity index (χ0n) is 19.0. The smallest absolute Gasteiger partial charge is 0.192 e. The molecule has 1 saturated heterocycles. The van der Waals surface area contributed by atoms with Gasteiger partial charge in [-0.2, -0.15) is 0 Å². The molecule has 2 unspecified atom stereocenters. The molecule has 7 nitrogen and oxygen atoms in total. The summed E-state index contributed by atoms with van der Waals surface area (Å²) in [6, 6.07) is 9.01. The number of guanidine groups is 1. The van der Waals surface area contributed by atoms with E-state index in [4.69, 9.17) is 9.73 Å². The number of ether oxygens (including phenoxy) is 1. The Hall–Kier alpha value is -2.41. The fraction of sp³-hybridized carbons (Fsp3) is 0.609. The van der Waals surface area contributed by atoms with Crippen molar-refractivity contribution in [2.24, 2.45) is 18.0 Å². The van der Waals surface area contributed by atoms with E-state index in [0.717, 1.165) is 50.0 Å². The lowest BCUT2D eigenvalue weighted by Crippen LogP contribution is -2.42. The summed E-state index contributed by atoms with van der Waals surface area (Å²) in [6.45, 7) is 10.7. The molecule has 0 spiro atoms. The van der Waals surface area contributed by atoms with Crippen molar-refractivity contribution in [3.8, 4) is 0 Å². The van der Waals surface area contributed by atoms with Gasteiger partial charge in [-0.1, -0.05) is 38.1 Å². The van der Waals surface area contributed by atoms with Crippen molar-refractivity contribution in [1.82, 2.24) is 25.4 Å². The maximum absolute atomic E-state index is 5.75. The molecule has 1 fully saturated rings. The highest BCUT2D eigenvalue weighted by Crippen LogP contribution is 2.16. The molecule has 3 rings (SSSR count). The molecule has 0 amide bonds. The van der Waals surface area contributed by atoms with Gasteiger partial charge in [-0.25, -0.2) is 4.99 Å². The first-order valence-electron chi connectivity index (χ1n) is 11.0. The fourth-order valence-corrected chi connectivity index (χ4v) is 3.61. The first kappa shape index (κ1) is 22.3. The molecule has 1 aliphatic rings. The monoisotopic (exact) mass is 412 g/mol. The standard InChI is InChI=1S/C23H36N6O/c1-16(2)13-19-8-10-20(11-9-19)17(3)26-23(24-14-21-7-6-12-30-21)25-15-22-28-27-18(4)29(22)5/h8-11,16-17,21H,6-7,12-15H2,1-5H3,(H2,24,25,26). The molecule has 1 aliphatic heterocycles. The van der Waals surface area contributed by atoms with Crippen LogP contribution in [0, 0.1) is 12.8 Å². The lowest BCUT2D eigenvalue weighted by Gasteiger charge is -2.20. The molecule has 2 heterocycles. The summed E-state index contributed by atoms with van der Waals surface area (Å²) in [7, 11) is 1.97. The summed E-state index contributed by atoms with van der Waals surface area (Å²) in [4.78, 5) is 4.77. The van der Waals surface area contributed by atoms with Crippen LogP contribution in [0.4, 0.5) is 0 Å². The Morgan fingerprint density at radius 2 is 2.00 bits per heavy atom. The summed E-state index contributed by atoms with van der Waals surface area (Å²) in [5.74, 6) is 3.16. The van der Waals surface area contributed by atoms with Crippen molar-refractivity contribution in [2.75, 3.05) is 13.2 Å². The molecule has 1 aromatic carbocycles. The number of rotatable bonds is 8. The van der Waals surface area contributed by atoms with Crippen molar-refractivity contribution in [2.45, 2.75) is 65.6 Å². The van der Waals surface area contributed by atoms with Gasteiger partial charge in [-0.3, -0.25) is 0 Å². The summed E-state index contributed by atoms with van der Waals surface area (Å²) in [5.41, 5.74) is 2.62. The largest absolute Gasteiger partial charge is 0.376 e. The zero-order valence-corrected chi connectivity index (χ0v) is 19.0. The van der Waals surface area contributed by atoms with Gasteiger partial charge in [0.05, 0.1) is 12.1 Å². The second-order valence-corrected chi connectivity index (χ2v) is 8.61. The van der Waals surface area contributed by atoms with Crippen LogP contribution in [-0.4, -0.2) is 40.0 Å². The maximum Gasteiger partial charge on any atom is 0.192 e. The van der Waals surface area contributed by atoms with Crippen molar-refractivity contribution < 1.29 is 4.74 Å². The number of nitrogens with zero attached hydrogens (tertiary/aromatic N) is 4. The second kappa shape index (κ2) is 10.6. The molecule has 30 heavy (non-hydrogen) atoms. The normalized spacial score (nSPS) is 18.1. The molecule has 2 aromatic rings. The molecule has 0 bridgehead atoms. The van der Waals surface area contributed by atoms with Crippen LogP contribution in [-0.2, 0) is 24.8 Å². The van der Waals surface area contributed by atoms with Crippen molar-refractivity contribution in [1.29, 1.82) is 0 Å². The van der Waals surface area contributed by atoms with Crippen LogP contribution >= 0.6 is 0 Å². The van der Waals surface area contributed by atoms with Gasteiger partial charge in [0.2, 0.25) is 0 Å². The van der Waals surface area contributed by atoms with Gasteiger partial charge in [0.15, 0.2) is 11.8 Å². The third kappa shape index (κ3) is 6.29. The van der Waals surface area contributed by atoms with E-state index in [9.17, 15) is 0 Å². The minimum Gasteiger partial charge on any atom is -0.376 e. The van der Waals surface area contributed by atoms with Crippen molar-refractivity contribution in [3.05, 3.63) is 47.0 Å². The van der Waals surface area contributed by atoms with Crippen LogP contribution < -0.4 is 10.6 Å². The van der Waals surface area contributed by atoms with Crippen LogP contribution in [0.5, 0.6) is 0 Å². The summed E-state index contributed by atoms with van der Waals surface area (Å²) >= 11 is 0. The Labute approximate surface area is 180 Å². The van der Waals surface area contributed by atoms with E-state index in [1.165, 1.54) is 11.1 Å². The molecule has 0 saturated carbocycles. The average molecular weight is 413 g/mol. The topological polar surface area (TPSA) is 76.4 Å². The average Bonchev–Trinajstić information content (AvgIpc) is 3.35. The van der Waals surface area contributed by atoms with E-state index >= 15 is 0 Å². The van der Waals surface area contributed by atoms with Crippen molar-refractivity contribution in [3.63, 3.8) is 0 Å². The Bertz CT molecular complexity index is 821. The summed E-state index contributed by atoms with van der Waals surface area (Å²) < 4.78 is 7.72. The Morgan fingerprint density at radius 3 is 2.60 bits per heavy atom. The Morgan fingerprint density at radius 1 is 1.23 bits per heavy atom. The van der Waals surface area contributed by atoms with Gasteiger partial charge in [0.1, 0.15) is 12.4 Å². The molecule has 2 N–H and O–H groups in total. The quantitative estimate of drug-likeness (QED) is 0.514. The fourth-order valence-electron chi connectivity index (χ4n) is 3.61. The van der Waals surface area contributed by atoms with Crippen LogP contribution in [0.3, 0.4) is 0 Å². The predicted molar refractivity (Wildman–Crippen MR) is 120 cm³/mol. The Balaban J connectivity index is 1.66. The van der Waals surface area contributed by atoms with Gasteiger partial charge in [-0.15, -0.1) is 10.2 Å². The van der Waals surface area contributed by atoms with Crippen LogP contribution in [0.25, 0.3) is 0 Å². The molecule has 0 radical (unpaired) electrons. The SMILES string of the molecule is Cc1nnc(CN=C(NCC2CCCO2)NC(C)c2ccc(CC(C)C)cc2)n1C. The number of hydrogen-bond donors (Lipinski definition) is 2. The molecule has 0 aliphatic carbocycles. The number of hydrogen-bond acceptors (Lipinski definition) is 4. The van der Waals surface area contributed by atoms with Gasteiger partial charge in [0, 0.05) is 20.2 Å². The predicted octanol–water partition coefficient (Wildman–Crippen LogP) is 3.30. The van der Waals surface area contributed by atoms with Crippen LogP contribution in [0.15, 0.2) is 29.3 Å². The van der Waals surface area contributed by atoms with E-state index in [2.05, 4.69) is 65.9 Å². The highest BCUT2D eigenvalue weighted by Gasteiger charge is 2.17. The zero-order chi connectivity index (χ0) is 21.5. The lowest BCUT2D eigenvalue weighted by molar-refractivity contribution is 0.113.